The molecule has 3 aliphatic rings. The van der Waals surface area contributed by atoms with E-state index >= 15 is 0 Å². The first kappa shape index (κ1) is 18.3. The Hall–Kier alpha value is -1.46. The summed E-state index contributed by atoms with van der Waals surface area (Å²) in [5.41, 5.74) is 2.00. The number of oxime groups is 1. The molecule has 2 aliphatic heterocycles. The highest BCUT2D eigenvalue weighted by molar-refractivity contribution is 6.02. The zero-order valence-electron chi connectivity index (χ0n) is 14.8. The molecule has 0 atom stereocenters. The van der Waals surface area contributed by atoms with Crippen LogP contribution in [0.5, 0.6) is 11.5 Å². The number of nitrogens with one attached hydrogen (secondary N) is 1. The Kier molecular flexibility index (Phi) is 5.74. The fourth-order valence-corrected chi connectivity index (χ4v) is 3.96. The third-order valence-electron chi connectivity index (χ3n) is 5.45. The predicted octanol–water partition coefficient (Wildman–Crippen LogP) is 3.69. The predicted molar refractivity (Wildman–Crippen MR) is 100 cm³/mol. The number of rotatable bonds is 4. The van der Waals surface area contributed by atoms with Crippen molar-refractivity contribution in [1.29, 1.82) is 0 Å². The molecular weight excluding hydrogens is 340 g/mol. The summed E-state index contributed by atoms with van der Waals surface area (Å²) in [6.07, 6.45) is 7.99. The second kappa shape index (κ2) is 7.83. The zero-order valence-corrected chi connectivity index (χ0v) is 15.6. The van der Waals surface area contributed by atoms with E-state index in [2.05, 4.69) is 22.6 Å². The number of nitrogens with zero attached hydrogens (tertiary/aromatic N) is 1. The number of hydrogen-bond donors (Lipinski definition) is 1. The summed E-state index contributed by atoms with van der Waals surface area (Å²) < 4.78 is 11.7. The van der Waals surface area contributed by atoms with Crippen LogP contribution in [0, 0.1) is 0 Å². The highest BCUT2D eigenvalue weighted by Crippen LogP contribution is 2.37. The molecule has 138 valence electrons. The van der Waals surface area contributed by atoms with Crippen molar-refractivity contribution in [3.05, 3.63) is 23.8 Å². The van der Waals surface area contributed by atoms with Gasteiger partial charge in [0.05, 0.1) is 18.9 Å². The number of hydrogen-bond acceptors (Lipinski definition) is 5. The minimum Gasteiger partial charge on any atom is -0.493 e. The van der Waals surface area contributed by atoms with Gasteiger partial charge in [-0.3, -0.25) is 0 Å². The largest absolute Gasteiger partial charge is 0.493 e. The topological polar surface area (TPSA) is 52.1 Å². The van der Waals surface area contributed by atoms with Crippen molar-refractivity contribution in [2.45, 2.75) is 56.7 Å². The van der Waals surface area contributed by atoms with Crippen LogP contribution >= 0.6 is 12.4 Å². The molecule has 0 aromatic heterocycles. The van der Waals surface area contributed by atoms with Gasteiger partial charge in [-0.25, -0.2) is 0 Å². The van der Waals surface area contributed by atoms with Crippen LogP contribution in [0.2, 0.25) is 0 Å². The van der Waals surface area contributed by atoms with Crippen molar-refractivity contribution in [2.24, 2.45) is 5.16 Å². The van der Waals surface area contributed by atoms with Gasteiger partial charge in [0.1, 0.15) is 5.60 Å². The molecule has 0 bridgehead atoms. The number of methoxy groups -OCH3 is 1. The molecule has 0 radical (unpaired) electrons. The number of ether oxygens (including phenoxy) is 2. The molecule has 1 aromatic rings. The molecule has 1 N–H and O–H groups in total. The van der Waals surface area contributed by atoms with E-state index in [9.17, 15) is 0 Å². The van der Waals surface area contributed by atoms with Gasteiger partial charge < -0.3 is 19.6 Å². The first-order valence-corrected chi connectivity index (χ1v) is 9.09. The molecule has 2 heterocycles. The fourth-order valence-electron chi connectivity index (χ4n) is 3.96. The molecule has 0 unspecified atom stereocenters. The molecule has 4 rings (SSSR count). The Labute approximate surface area is 155 Å². The van der Waals surface area contributed by atoms with E-state index in [0.717, 1.165) is 68.0 Å². The van der Waals surface area contributed by atoms with Crippen LogP contribution in [0.3, 0.4) is 0 Å². The van der Waals surface area contributed by atoms with Crippen LogP contribution in [0.25, 0.3) is 0 Å². The van der Waals surface area contributed by atoms with Gasteiger partial charge in [-0.15, -0.1) is 12.4 Å². The minimum atomic E-state index is -0.104. The average molecular weight is 367 g/mol. The van der Waals surface area contributed by atoms with Crippen molar-refractivity contribution in [1.82, 2.24) is 5.32 Å². The van der Waals surface area contributed by atoms with Crippen LogP contribution in [0.1, 0.15) is 50.5 Å². The molecular formula is C19H27ClN2O3. The van der Waals surface area contributed by atoms with Crippen molar-refractivity contribution >= 4 is 18.1 Å². The molecule has 1 spiro atoms. The van der Waals surface area contributed by atoms with Crippen LogP contribution in [-0.4, -0.2) is 37.6 Å². The smallest absolute Gasteiger partial charge is 0.162 e. The van der Waals surface area contributed by atoms with E-state index in [1.54, 1.807) is 7.11 Å². The Balaban J connectivity index is 0.00000182. The Morgan fingerprint density at radius 2 is 1.92 bits per heavy atom. The summed E-state index contributed by atoms with van der Waals surface area (Å²) in [4.78, 5) is 5.85. The lowest BCUT2D eigenvalue weighted by Gasteiger charge is -2.30. The number of piperidine rings is 1. The van der Waals surface area contributed by atoms with Gasteiger partial charge in [-0.1, -0.05) is 5.16 Å². The maximum absolute atomic E-state index is 6.20. The first-order chi connectivity index (χ1) is 11.8. The molecule has 1 saturated heterocycles. The van der Waals surface area contributed by atoms with Crippen molar-refractivity contribution in [2.75, 3.05) is 20.2 Å². The number of benzene rings is 1. The van der Waals surface area contributed by atoms with E-state index < -0.39 is 0 Å². The summed E-state index contributed by atoms with van der Waals surface area (Å²) in [6.45, 7) is 2.00. The van der Waals surface area contributed by atoms with E-state index in [1.807, 2.05) is 6.07 Å². The lowest BCUT2D eigenvalue weighted by molar-refractivity contribution is -0.0400. The van der Waals surface area contributed by atoms with E-state index in [4.69, 9.17) is 14.3 Å². The van der Waals surface area contributed by atoms with Crippen molar-refractivity contribution in [3.8, 4) is 11.5 Å². The molecule has 2 fully saturated rings. The highest BCUT2D eigenvalue weighted by Gasteiger charge is 2.40. The van der Waals surface area contributed by atoms with Gasteiger partial charge in [-0.2, -0.15) is 0 Å². The third-order valence-corrected chi connectivity index (χ3v) is 5.45. The van der Waals surface area contributed by atoms with Gasteiger partial charge in [0, 0.05) is 24.8 Å². The maximum Gasteiger partial charge on any atom is 0.162 e. The van der Waals surface area contributed by atoms with E-state index in [-0.39, 0.29) is 18.0 Å². The Morgan fingerprint density at radius 3 is 2.64 bits per heavy atom. The molecule has 25 heavy (non-hydrogen) atoms. The number of halogens is 1. The lowest BCUT2D eigenvalue weighted by atomic mass is 9.86. The second-order valence-electron chi connectivity index (χ2n) is 7.13. The van der Waals surface area contributed by atoms with Gasteiger partial charge in [0.25, 0.3) is 0 Å². The van der Waals surface area contributed by atoms with Crippen molar-refractivity contribution in [3.63, 3.8) is 0 Å². The average Bonchev–Trinajstić information content (AvgIpc) is 3.26. The summed E-state index contributed by atoms with van der Waals surface area (Å²) in [5, 5.41) is 7.79. The monoisotopic (exact) mass is 366 g/mol. The lowest BCUT2D eigenvalue weighted by Crippen LogP contribution is -2.42. The molecule has 1 aliphatic carbocycles. The summed E-state index contributed by atoms with van der Waals surface area (Å²) in [5.74, 6) is 1.62. The van der Waals surface area contributed by atoms with E-state index in [0.29, 0.717) is 6.10 Å². The molecule has 5 nitrogen and oxygen atoms in total. The normalized spacial score (nSPS) is 22.2. The minimum absolute atomic E-state index is 0. The van der Waals surface area contributed by atoms with Crippen LogP contribution in [-0.2, 0) is 4.84 Å². The molecule has 0 amide bonds. The van der Waals surface area contributed by atoms with Gasteiger partial charge in [0.15, 0.2) is 11.5 Å². The van der Waals surface area contributed by atoms with Crippen molar-refractivity contribution < 1.29 is 14.3 Å². The Morgan fingerprint density at radius 1 is 1.16 bits per heavy atom. The second-order valence-corrected chi connectivity index (χ2v) is 7.13. The standard InChI is InChI=1S/C19H26N2O3.ClH/c1-22-17-7-6-14(12-18(17)23-15-4-2-3-5-15)16-13-19(24-21-16)8-10-20-11-9-19;/h6-7,12,15,20H,2-5,8-11,13H2,1H3;1H. The van der Waals surface area contributed by atoms with Gasteiger partial charge in [-0.05, 0) is 57.0 Å². The summed E-state index contributed by atoms with van der Waals surface area (Å²) >= 11 is 0. The molecule has 1 aromatic carbocycles. The van der Waals surface area contributed by atoms with Gasteiger partial charge >= 0.3 is 0 Å². The third kappa shape index (κ3) is 3.87. The first-order valence-electron chi connectivity index (χ1n) is 9.09. The highest BCUT2D eigenvalue weighted by atomic mass is 35.5. The molecule has 6 heteroatoms. The quantitative estimate of drug-likeness (QED) is 0.883. The molecule has 1 saturated carbocycles. The Bertz CT molecular complexity index is 623. The van der Waals surface area contributed by atoms with Crippen LogP contribution in [0.15, 0.2) is 23.4 Å². The summed E-state index contributed by atoms with van der Waals surface area (Å²) in [6, 6.07) is 6.11. The SMILES string of the molecule is COc1ccc(C2=NOC3(CCNCC3)C2)cc1OC1CCCC1.Cl. The van der Waals surface area contributed by atoms with Crippen LogP contribution in [0.4, 0.5) is 0 Å². The van der Waals surface area contributed by atoms with Gasteiger partial charge in [0.2, 0.25) is 0 Å². The van der Waals surface area contributed by atoms with E-state index in [1.165, 1.54) is 12.8 Å². The maximum atomic E-state index is 6.20. The van der Waals surface area contributed by atoms with Crippen LogP contribution < -0.4 is 14.8 Å². The summed E-state index contributed by atoms with van der Waals surface area (Å²) in [7, 11) is 1.69. The zero-order chi connectivity index (χ0) is 16.4. The fraction of sp³-hybridized carbons (Fsp3) is 0.632.